The standard InChI is InChI=1S/C30H34NO8P/c1-35-29(32)28(26-17-9-4-10-18-26)27-19-11-12-20-31(27)30(33)36-23-39-40(34,37-21-24-13-5-2-6-14-24)38-22-25-15-7-3-8-16-25/h2-10,13-18,27-28H,11-12,19-23H2,1H3. The molecule has 3 aromatic rings. The zero-order chi connectivity index (χ0) is 28.2. The number of hydrogen-bond donors (Lipinski definition) is 0. The minimum absolute atomic E-state index is 0.0209. The van der Waals surface area contributed by atoms with Crippen molar-refractivity contribution in [2.45, 2.75) is 44.4 Å². The normalized spacial score (nSPS) is 16.2. The Morgan fingerprint density at radius 2 is 1.38 bits per heavy atom. The van der Waals surface area contributed by atoms with Gasteiger partial charge in [-0.3, -0.25) is 13.8 Å². The predicted octanol–water partition coefficient (Wildman–Crippen LogP) is 6.45. The minimum Gasteiger partial charge on any atom is -0.468 e. The van der Waals surface area contributed by atoms with Crippen LogP contribution in [0, 0.1) is 0 Å². The van der Waals surface area contributed by atoms with Crippen LogP contribution in [0.15, 0.2) is 91.0 Å². The van der Waals surface area contributed by atoms with Gasteiger partial charge in [-0.05, 0) is 36.0 Å². The summed E-state index contributed by atoms with van der Waals surface area (Å²) in [6.45, 7) is -0.298. The van der Waals surface area contributed by atoms with Gasteiger partial charge in [-0.25, -0.2) is 13.9 Å². The lowest BCUT2D eigenvalue weighted by Gasteiger charge is -2.38. The van der Waals surface area contributed by atoms with E-state index in [9.17, 15) is 14.2 Å². The van der Waals surface area contributed by atoms with Crippen LogP contribution in [0.25, 0.3) is 0 Å². The van der Waals surface area contributed by atoms with E-state index < -0.39 is 38.6 Å². The van der Waals surface area contributed by atoms with Crippen LogP contribution in [0.3, 0.4) is 0 Å². The highest BCUT2D eigenvalue weighted by Gasteiger charge is 2.39. The van der Waals surface area contributed by atoms with E-state index in [4.69, 9.17) is 23.0 Å². The summed E-state index contributed by atoms with van der Waals surface area (Å²) in [7, 11) is -2.79. The van der Waals surface area contributed by atoms with Crippen LogP contribution in [0.2, 0.25) is 0 Å². The molecule has 0 N–H and O–H groups in total. The van der Waals surface area contributed by atoms with Crippen LogP contribution < -0.4 is 0 Å². The minimum atomic E-state index is -4.12. The zero-order valence-corrected chi connectivity index (χ0v) is 23.3. The maximum atomic E-state index is 13.5. The summed E-state index contributed by atoms with van der Waals surface area (Å²) >= 11 is 0. The van der Waals surface area contributed by atoms with Crippen LogP contribution in [0.1, 0.15) is 41.9 Å². The molecule has 40 heavy (non-hydrogen) atoms. The highest BCUT2D eigenvalue weighted by atomic mass is 31.2. The van der Waals surface area contributed by atoms with Crippen molar-refractivity contribution in [3.8, 4) is 0 Å². The first kappa shape index (κ1) is 29.5. The number of carbonyl (C=O) groups is 2. The van der Waals surface area contributed by atoms with Gasteiger partial charge in [-0.2, -0.15) is 0 Å². The molecule has 9 nitrogen and oxygen atoms in total. The second-order valence-electron chi connectivity index (χ2n) is 9.29. The van der Waals surface area contributed by atoms with Crippen molar-refractivity contribution in [3.63, 3.8) is 0 Å². The Balaban J connectivity index is 1.42. The number of amides is 1. The van der Waals surface area contributed by atoms with Crippen molar-refractivity contribution >= 4 is 19.9 Å². The summed E-state index contributed by atoms with van der Waals surface area (Å²) in [5.74, 6) is -1.10. The smallest absolute Gasteiger partial charge is 0.468 e. The summed E-state index contributed by atoms with van der Waals surface area (Å²) in [5, 5.41) is 0. The third-order valence-corrected chi connectivity index (χ3v) is 7.95. The molecular formula is C30H34NO8P. The van der Waals surface area contributed by atoms with Gasteiger partial charge in [0.15, 0.2) is 0 Å². The number of phosphoric acid groups is 1. The molecule has 212 valence electrons. The van der Waals surface area contributed by atoms with Crippen LogP contribution in [-0.4, -0.2) is 43.5 Å². The second kappa shape index (κ2) is 14.8. The van der Waals surface area contributed by atoms with Gasteiger partial charge in [-0.15, -0.1) is 0 Å². The van der Waals surface area contributed by atoms with Gasteiger partial charge < -0.3 is 14.4 Å². The van der Waals surface area contributed by atoms with E-state index in [1.807, 2.05) is 91.0 Å². The molecule has 1 fully saturated rings. The number of hydrogen-bond acceptors (Lipinski definition) is 8. The molecule has 0 bridgehead atoms. The van der Waals surface area contributed by atoms with Gasteiger partial charge in [0, 0.05) is 6.54 Å². The summed E-state index contributed by atoms with van der Waals surface area (Å²) in [6, 6.07) is 27.1. The Kier molecular flexibility index (Phi) is 10.9. The molecule has 0 aliphatic carbocycles. The molecule has 1 saturated heterocycles. The zero-order valence-electron chi connectivity index (χ0n) is 22.4. The van der Waals surface area contributed by atoms with E-state index in [0.29, 0.717) is 13.0 Å². The number of carbonyl (C=O) groups excluding carboxylic acids is 2. The molecule has 1 heterocycles. The van der Waals surface area contributed by atoms with Gasteiger partial charge in [0.05, 0.1) is 26.4 Å². The molecule has 0 aromatic heterocycles. The number of piperidine rings is 1. The first-order valence-electron chi connectivity index (χ1n) is 13.2. The predicted molar refractivity (Wildman–Crippen MR) is 148 cm³/mol. The number of esters is 1. The monoisotopic (exact) mass is 567 g/mol. The van der Waals surface area contributed by atoms with E-state index in [0.717, 1.165) is 29.5 Å². The van der Waals surface area contributed by atoms with E-state index in [-0.39, 0.29) is 13.2 Å². The summed E-state index contributed by atoms with van der Waals surface area (Å²) in [5.41, 5.74) is 2.30. The molecule has 0 spiro atoms. The summed E-state index contributed by atoms with van der Waals surface area (Å²) in [4.78, 5) is 27.5. The average molecular weight is 568 g/mol. The maximum Gasteiger partial charge on any atom is 0.478 e. The second-order valence-corrected chi connectivity index (χ2v) is 11.0. The SMILES string of the molecule is COC(=O)C(c1ccccc1)C1CCCCN1C(=O)OCOP(=O)(OCc1ccccc1)OCc1ccccc1. The number of methoxy groups -OCH3 is 1. The Hall–Kier alpha value is -3.49. The lowest BCUT2D eigenvalue weighted by Crippen LogP contribution is -2.49. The molecular weight excluding hydrogens is 533 g/mol. The molecule has 2 atom stereocenters. The molecule has 1 aliphatic rings. The third kappa shape index (κ3) is 8.26. The van der Waals surface area contributed by atoms with Gasteiger partial charge in [-0.1, -0.05) is 91.0 Å². The van der Waals surface area contributed by atoms with Gasteiger partial charge in [0.1, 0.15) is 5.92 Å². The molecule has 0 saturated carbocycles. The maximum absolute atomic E-state index is 13.5. The molecule has 2 unspecified atom stereocenters. The van der Waals surface area contributed by atoms with Crippen molar-refractivity contribution in [2.75, 3.05) is 20.4 Å². The van der Waals surface area contributed by atoms with Crippen LogP contribution in [-0.2, 0) is 45.6 Å². The molecule has 10 heteroatoms. The topological polar surface area (TPSA) is 101 Å². The van der Waals surface area contributed by atoms with Crippen molar-refractivity contribution in [3.05, 3.63) is 108 Å². The highest BCUT2D eigenvalue weighted by Crippen LogP contribution is 2.51. The van der Waals surface area contributed by atoms with E-state index >= 15 is 0 Å². The Labute approximate surface area is 234 Å². The molecule has 1 amide bonds. The summed E-state index contributed by atoms with van der Waals surface area (Å²) < 4.78 is 40.5. The van der Waals surface area contributed by atoms with E-state index in [2.05, 4.69) is 0 Å². The number of nitrogens with zero attached hydrogens (tertiary/aromatic N) is 1. The fraction of sp³-hybridized carbons (Fsp3) is 0.333. The summed E-state index contributed by atoms with van der Waals surface area (Å²) in [6.07, 6.45) is 1.52. The largest absolute Gasteiger partial charge is 0.478 e. The Bertz CT molecular complexity index is 1210. The Morgan fingerprint density at radius 1 is 0.825 bits per heavy atom. The first-order valence-corrected chi connectivity index (χ1v) is 14.6. The number of phosphoric ester groups is 1. The van der Waals surface area contributed by atoms with Crippen LogP contribution in [0.5, 0.6) is 0 Å². The molecule has 1 aliphatic heterocycles. The van der Waals surface area contributed by atoms with Gasteiger partial charge in [0.25, 0.3) is 0 Å². The van der Waals surface area contributed by atoms with Gasteiger partial charge >= 0.3 is 19.9 Å². The van der Waals surface area contributed by atoms with E-state index in [1.165, 1.54) is 12.0 Å². The Morgan fingerprint density at radius 3 is 1.93 bits per heavy atom. The lowest BCUT2D eigenvalue weighted by atomic mass is 9.85. The third-order valence-electron chi connectivity index (χ3n) is 6.64. The van der Waals surface area contributed by atoms with Crippen LogP contribution in [0.4, 0.5) is 4.79 Å². The number of likely N-dealkylation sites (tertiary alicyclic amines) is 1. The fourth-order valence-electron chi connectivity index (χ4n) is 4.62. The van der Waals surface area contributed by atoms with Crippen molar-refractivity contribution in [2.24, 2.45) is 0 Å². The number of rotatable bonds is 12. The molecule has 3 aromatic carbocycles. The van der Waals surface area contributed by atoms with Crippen LogP contribution >= 0.6 is 7.82 Å². The fourth-order valence-corrected chi connectivity index (χ4v) is 5.64. The number of ether oxygens (including phenoxy) is 2. The molecule has 0 radical (unpaired) electrons. The van der Waals surface area contributed by atoms with E-state index in [1.54, 1.807) is 0 Å². The number of benzene rings is 3. The van der Waals surface area contributed by atoms with Gasteiger partial charge in [0.2, 0.25) is 6.79 Å². The first-order chi connectivity index (χ1) is 19.5. The average Bonchev–Trinajstić information content (AvgIpc) is 3.01. The lowest BCUT2D eigenvalue weighted by molar-refractivity contribution is -0.144. The van der Waals surface area contributed by atoms with Crippen molar-refractivity contribution in [1.82, 2.24) is 4.90 Å². The quantitative estimate of drug-likeness (QED) is 0.140. The molecule has 4 rings (SSSR count). The van der Waals surface area contributed by atoms with Crippen molar-refractivity contribution < 1.29 is 37.2 Å². The highest BCUT2D eigenvalue weighted by molar-refractivity contribution is 7.48. The van der Waals surface area contributed by atoms with Crippen molar-refractivity contribution in [1.29, 1.82) is 0 Å².